The number of halogens is 5. The second-order valence-corrected chi connectivity index (χ2v) is 11.0. The molecule has 0 saturated carbocycles. The minimum Gasteiger partial charge on any atom is -0.392 e. The normalized spacial score (nSPS) is 20.7. The molecule has 0 aromatic heterocycles. The van der Waals surface area contributed by atoms with E-state index in [9.17, 15) is 27.5 Å². The number of amides is 2. The maximum Gasteiger partial charge on any atom is 0.417 e. The lowest BCUT2D eigenvalue weighted by Crippen LogP contribution is -2.49. The van der Waals surface area contributed by atoms with Crippen LogP contribution in [0.5, 0.6) is 0 Å². The zero-order valence-electron chi connectivity index (χ0n) is 20.8. The van der Waals surface area contributed by atoms with Gasteiger partial charge in [0.05, 0.1) is 16.7 Å². The van der Waals surface area contributed by atoms with Crippen molar-refractivity contribution >= 4 is 29.0 Å². The van der Waals surface area contributed by atoms with E-state index in [4.69, 9.17) is 11.6 Å². The summed E-state index contributed by atoms with van der Waals surface area (Å²) in [5.74, 6) is -0.186. The minimum absolute atomic E-state index is 0.0274. The third-order valence-electron chi connectivity index (χ3n) is 8.32. The highest BCUT2D eigenvalue weighted by molar-refractivity contribution is 6.31. The van der Waals surface area contributed by atoms with Crippen LogP contribution in [0.15, 0.2) is 36.4 Å². The number of aliphatic hydroxyl groups is 1. The number of rotatable bonds is 4. The van der Waals surface area contributed by atoms with Crippen LogP contribution < -0.4 is 10.6 Å². The number of urea groups is 1. The number of carbonyl (C=O) groups is 1. The molecule has 3 aliphatic heterocycles. The molecule has 3 heterocycles. The fourth-order valence-corrected chi connectivity index (χ4v) is 6.23. The number of fused-ring (bicyclic) bond motifs is 2. The van der Waals surface area contributed by atoms with E-state index in [0.717, 1.165) is 55.9 Å². The van der Waals surface area contributed by atoms with Crippen molar-refractivity contribution in [3.05, 3.63) is 58.4 Å². The highest BCUT2D eigenvalue weighted by Gasteiger charge is 2.42. The number of carbonyl (C=O) groups excluding carboxylic acids is 1. The minimum atomic E-state index is -4.61. The fourth-order valence-electron chi connectivity index (χ4n) is 6.00. The van der Waals surface area contributed by atoms with Crippen LogP contribution in [0.2, 0.25) is 5.02 Å². The summed E-state index contributed by atoms with van der Waals surface area (Å²) in [6, 6.07) is 7.74. The summed E-state index contributed by atoms with van der Waals surface area (Å²) in [5, 5.41) is 16.4. The number of piperidine rings is 2. The van der Waals surface area contributed by atoms with Crippen LogP contribution in [0.25, 0.3) is 0 Å². The van der Waals surface area contributed by atoms with Crippen molar-refractivity contribution in [1.82, 2.24) is 9.80 Å². The number of likely N-dealkylation sites (tertiary alicyclic amines) is 2. The van der Waals surface area contributed by atoms with E-state index in [1.165, 1.54) is 12.1 Å². The van der Waals surface area contributed by atoms with Gasteiger partial charge < -0.3 is 25.5 Å². The molecule has 0 bridgehead atoms. The monoisotopic (exact) mass is 554 g/mol. The molecule has 206 valence electrons. The number of anilines is 2. The molecule has 1 spiro atoms. The third-order valence-corrected chi connectivity index (χ3v) is 8.65. The van der Waals surface area contributed by atoms with E-state index in [0.29, 0.717) is 32.5 Å². The molecule has 6 nitrogen and oxygen atoms in total. The van der Waals surface area contributed by atoms with Crippen molar-refractivity contribution < 1.29 is 27.5 Å². The number of benzene rings is 2. The first kappa shape index (κ1) is 27.0. The Bertz CT molecular complexity index is 1180. The fraction of sp³-hybridized carbons (Fsp3) is 0.519. The first-order valence-corrected chi connectivity index (χ1v) is 13.3. The topological polar surface area (TPSA) is 67.8 Å². The van der Waals surface area contributed by atoms with Gasteiger partial charge in [-0.1, -0.05) is 11.6 Å². The molecular weight excluding hydrogens is 524 g/mol. The number of alkyl halides is 3. The first-order valence-electron chi connectivity index (χ1n) is 12.9. The molecule has 5 rings (SSSR count). The summed E-state index contributed by atoms with van der Waals surface area (Å²) in [4.78, 5) is 16.4. The lowest BCUT2D eigenvalue weighted by molar-refractivity contribution is -0.137. The molecule has 2 aromatic carbocycles. The second kappa shape index (κ2) is 10.5. The van der Waals surface area contributed by atoms with Crippen molar-refractivity contribution in [3.63, 3.8) is 0 Å². The summed E-state index contributed by atoms with van der Waals surface area (Å²) in [7, 11) is 0. The van der Waals surface area contributed by atoms with Gasteiger partial charge in [0.15, 0.2) is 0 Å². The molecule has 3 N–H and O–H groups in total. The van der Waals surface area contributed by atoms with Crippen molar-refractivity contribution in [1.29, 1.82) is 0 Å². The Labute approximate surface area is 223 Å². The highest BCUT2D eigenvalue weighted by atomic mass is 35.5. The van der Waals surface area contributed by atoms with Crippen molar-refractivity contribution in [2.75, 3.05) is 49.9 Å². The number of nitrogens with one attached hydrogen (secondary N) is 2. The number of nitrogens with zero attached hydrogens (tertiary/aromatic N) is 2. The molecule has 3 aliphatic rings. The first-order chi connectivity index (χ1) is 18.0. The zero-order valence-corrected chi connectivity index (χ0v) is 21.6. The summed E-state index contributed by atoms with van der Waals surface area (Å²) in [6.45, 7) is 3.79. The Balaban J connectivity index is 1.09. The third kappa shape index (κ3) is 5.58. The van der Waals surface area contributed by atoms with Gasteiger partial charge in [0, 0.05) is 43.0 Å². The molecule has 2 fully saturated rings. The zero-order chi connectivity index (χ0) is 27.1. The molecule has 1 atom stereocenters. The Morgan fingerprint density at radius 3 is 2.53 bits per heavy atom. The summed E-state index contributed by atoms with van der Waals surface area (Å²) in [5.41, 5.74) is 1.02. The molecule has 38 heavy (non-hydrogen) atoms. The Morgan fingerprint density at radius 1 is 1.13 bits per heavy atom. The van der Waals surface area contributed by atoms with Crippen LogP contribution in [0.1, 0.15) is 36.8 Å². The SMILES string of the molecule is O=C(Nc1ccc(Cl)c(C(F)(F)F)c1)N1CCC(C(O)CN2CCC3(CC2)CNc2ccc(F)cc23)CC1. The number of hydrogen-bond donors (Lipinski definition) is 3. The van der Waals surface area contributed by atoms with E-state index in [-0.39, 0.29) is 22.8 Å². The van der Waals surface area contributed by atoms with Gasteiger partial charge in [-0.05, 0) is 86.7 Å². The summed E-state index contributed by atoms with van der Waals surface area (Å²) in [6.07, 6.45) is -2.15. The highest BCUT2D eigenvalue weighted by Crippen LogP contribution is 2.44. The number of aliphatic hydroxyl groups excluding tert-OH is 1. The largest absolute Gasteiger partial charge is 0.417 e. The molecule has 2 saturated heterocycles. The molecule has 0 radical (unpaired) electrons. The average Bonchev–Trinajstić information content (AvgIpc) is 3.23. The van der Waals surface area contributed by atoms with E-state index in [1.54, 1.807) is 17.0 Å². The predicted octanol–water partition coefficient (Wildman–Crippen LogP) is 5.56. The number of hydrogen-bond acceptors (Lipinski definition) is 4. The van der Waals surface area contributed by atoms with E-state index in [2.05, 4.69) is 15.5 Å². The van der Waals surface area contributed by atoms with Crippen LogP contribution in [0, 0.1) is 11.7 Å². The number of β-amino-alcohol motifs (C(OH)–C–C–N with tert-alkyl or cyclic N) is 1. The Kier molecular flexibility index (Phi) is 7.50. The Hall–Kier alpha value is -2.56. The molecule has 1 unspecified atom stereocenters. The van der Waals surface area contributed by atoms with Gasteiger partial charge in [0.25, 0.3) is 0 Å². The van der Waals surface area contributed by atoms with Crippen LogP contribution in [0.3, 0.4) is 0 Å². The predicted molar refractivity (Wildman–Crippen MR) is 138 cm³/mol. The van der Waals surface area contributed by atoms with Crippen molar-refractivity contribution in [3.8, 4) is 0 Å². The van der Waals surface area contributed by atoms with E-state index >= 15 is 0 Å². The Morgan fingerprint density at radius 2 is 1.84 bits per heavy atom. The summed E-state index contributed by atoms with van der Waals surface area (Å²) < 4.78 is 53.2. The van der Waals surface area contributed by atoms with Gasteiger partial charge in [-0.3, -0.25) is 0 Å². The quantitative estimate of drug-likeness (QED) is 0.433. The molecule has 2 amide bonds. The van der Waals surface area contributed by atoms with Gasteiger partial charge >= 0.3 is 12.2 Å². The lowest BCUT2D eigenvalue weighted by Gasteiger charge is -2.41. The lowest BCUT2D eigenvalue weighted by atomic mass is 9.74. The van der Waals surface area contributed by atoms with Gasteiger partial charge in [-0.25, -0.2) is 9.18 Å². The van der Waals surface area contributed by atoms with Crippen LogP contribution in [-0.2, 0) is 11.6 Å². The maximum absolute atomic E-state index is 13.9. The van der Waals surface area contributed by atoms with Crippen molar-refractivity contribution in [2.45, 2.75) is 43.4 Å². The van der Waals surface area contributed by atoms with Gasteiger partial charge in [-0.2, -0.15) is 13.2 Å². The second-order valence-electron chi connectivity index (χ2n) is 10.6. The molecule has 11 heteroatoms. The molecule has 2 aromatic rings. The smallest absolute Gasteiger partial charge is 0.392 e. The van der Waals surface area contributed by atoms with Crippen LogP contribution in [0.4, 0.5) is 33.7 Å². The maximum atomic E-state index is 13.9. The average molecular weight is 555 g/mol. The van der Waals surface area contributed by atoms with E-state index < -0.39 is 28.9 Å². The molecular formula is C27H31ClF4N4O2. The standard InChI is InChI=1S/C27H31ClF4N4O2/c28-22-3-2-19(14-20(22)27(30,31)32)34-25(38)36-9-5-17(6-10-36)24(37)15-35-11-7-26(8-12-35)16-33-23-4-1-18(29)13-21(23)26/h1-4,13-14,17,24,33,37H,5-12,15-16H2,(H,34,38). The van der Waals surface area contributed by atoms with Gasteiger partial charge in [0.1, 0.15) is 5.82 Å². The van der Waals surface area contributed by atoms with E-state index in [1.807, 2.05) is 0 Å². The van der Waals surface area contributed by atoms with Crippen LogP contribution in [-0.4, -0.2) is 66.3 Å². The van der Waals surface area contributed by atoms with Gasteiger partial charge in [-0.15, -0.1) is 0 Å². The summed E-state index contributed by atoms with van der Waals surface area (Å²) >= 11 is 5.65. The molecule has 0 aliphatic carbocycles. The van der Waals surface area contributed by atoms with Crippen LogP contribution >= 0.6 is 11.6 Å². The van der Waals surface area contributed by atoms with Crippen molar-refractivity contribution in [2.24, 2.45) is 5.92 Å². The van der Waals surface area contributed by atoms with Gasteiger partial charge in [0.2, 0.25) is 0 Å².